The molecule has 0 saturated carbocycles. The molecule has 1 atom stereocenters. The number of hydrogen-bond acceptors (Lipinski definition) is 6. The van der Waals surface area contributed by atoms with Crippen LogP contribution in [-0.2, 0) is 28.6 Å². The lowest BCUT2D eigenvalue weighted by molar-refractivity contribution is -0.167. The summed E-state index contributed by atoms with van der Waals surface area (Å²) in [5.41, 5.74) is 0. The average Bonchev–Trinajstić information content (AvgIpc) is 3.45. The van der Waals surface area contributed by atoms with Crippen molar-refractivity contribution in [2.24, 2.45) is 0 Å². The summed E-state index contributed by atoms with van der Waals surface area (Å²) in [5.74, 6) is -1.01. The van der Waals surface area contributed by atoms with Crippen molar-refractivity contribution in [1.82, 2.24) is 0 Å². The van der Waals surface area contributed by atoms with Gasteiger partial charge in [-0.05, 0) is 148 Å². The van der Waals surface area contributed by atoms with Crippen LogP contribution in [0, 0.1) is 0 Å². The number of carbonyl (C=O) groups is 3. The number of unbranched alkanes of at least 4 members (excludes halogenated alkanes) is 16. The van der Waals surface area contributed by atoms with Crippen LogP contribution in [0.5, 0.6) is 0 Å². The number of esters is 3. The van der Waals surface area contributed by atoms with Gasteiger partial charge in [0.15, 0.2) is 6.10 Å². The molecule has 0 aliphatic rings. The van der Waals surface area contributed by atoms with Crippen molar-refractivity contribution in [3.8, 4) is 0 Å². The highest BCUT2D eigenvalue weighted by molar-refractivity contribution is 5.71. The minimum Gasteiger partial charge on any atom is -0.462 e. The molecule has 442 valence electrons. The highest BCUT2D eigenvalue weighted by Gasteiger charge is 2.19. The maximum atomic E-state index is 12.9. The molecule has 0 aromatic heterocycles. The van der Waals surface area contributed by atoms with Crippen LogP contribution in [0.3, 0.4) is 0 Å². The van der Waals surface area contributed by atoms with Crippen LogP contribution in [0.25, 0.3) is 0 Å². The van der Waals surface area contributed by atoms with Gasteiger partial charge in [0.1, 0.15) is 13.2 Å². The van der Waals surface area contributed by atoms with Gasteiger partial charge >= 0.3 is 17.9 Å². The van der Waals surface area contributed by atoms with Crippen molar-refractivity contribution in [1.29, 1.82) is 0 Å². The zero-order valence-corrected chi connectivity index (χ0v) is 50.6. The Kier molecular flexibility index (Phi) is 61.0. The van der Waals surface area contributed by atoms with Crippen LogP contribution in [0.4, 0.5) is 0 Å². The Morgan fingerprint density at radius 3 is 0.823 bits per heavy atom. The molecule has 79 heavy (non-hydrogen) atoms. The fourth-order valence-corrected chi connectivity index (χ4v) is 8.02. The molecule has 0 aromatic rings. The van der Waals surface area contributed by atoms with E-state index in [9.17, 15) is 14.4 Å². The van der Waals surface area contributed by atoms with Gasteiger partial charge in [-0.15, -0.1) is 0 Å². The molecule has 0 N–H and O–H groups in total. The lowest BCUT2D eigenvalue weighted by atomic mass is 10.1. The smallest absolute Gasteiger partial charge is 0.306 e. The van der Waals surface area contributed by atoms with Crippen molar-refractivity contribution in [3.63, 3.8) is 0 Å². The quantitative estimate of drug-likeness (QED) is 0.0261. The molecule has 0 rings (SSSR count). The first-order valence-electron chi connectivity index (χ1n) is 31.6. The van der Waals surface area contributed by atoms with Crippen LogP contribution in [0.15, 0.2) is 170 Å². The zero-order valence-electron chi connectivity index (χ0n) is 50.6. The maximum Gasteiger partial charge on any atom is 0.306 e. The van der Waals surface area contributed by atoms with Crippen molar-refractivity contribution in [2.75, 3.05) is 13.2 Å². The van der Waals surface area contributed by atoms with Gasteiger partial charge in [0.25, 0.3) is 0 Å². The number of carbonyl (C=O) groups excluding carboxylic acids is 3. The molecule has 6 nitrogen and oxygen atoms in total. The molecular weight excluding hydrogens is 973 g/mol. The van der Waals surface area contributed by atoms with Gasteiger partial charge in [0.2, 0.25) is 0 Å². The number of rotatable bonds is 55. The maximum absolute atomic E-state index is 12.9. The minimum absolute atomic E-state index is 0.116. The molecule has 0 aliphatic carbocycles. The third-order valence-electron chi connectivity index (χ3n) is 12.7. The summed E-state index contributed by atoms with van der Waals surface area (Å²) in [7, 11) is 0. The van der Waals surface area contributed by atoms with E-state index in [0.29, 0.717) is 12.8 Å². The van der Waals surface area contributed by atoms with Crippen molar-refractivity contribution >= 4 is 17.9 Å². The molecule has 0 saturated heterocycles. The van der Waals surface area contributed by atoms with Crippen LogP contribution in [0.1, 0.15) is 252 Å². The Hall–Kier alpha value is -5.23. The van der Waals surface area contributed by atoms with E-state index in [1.165, 1.54) is 51.4 Å². The molecular formula is C73H114O6. The number of hydrogen-bond donors (Lipinski definition) is 0. The van der Waals surface area contributed by atoms with Crippen molar-refractivity contribution in [2.45, 2.75) is 258 Å². The standard InChI is InChI=1S/C73H114O6/c1-4-7-10-13-16-19-22-25-28-31-33-35-36-38-39-42-45-48-51-54-57-60-63-66-72(75)78-69-70(68-77-71(74)65-62-59-56-53-50-47-44-41-30-27-24-21-18-15-12-9-6-3)79-73(76)67-64-61-58-55-52-49-46-43-40-37-34-32-29-26-23-20-17-14-11-8-5-2/h7-8,10-11,16-21,25-30,33-35,37-39,43,45-46,48,54,57,70H,4-6,9,12-15,22-24,31-32,36,40-42,44,47,49-53,55-56,58-69H2,1-3H3/b10-7-,11-8-,19-16-,20-17-,21-18-,28-25-,29-26-,30-27-,35-33-,37-34-,39-38-,46-43-,48-45-,57-54-. The Bertz CT molecular complexity index is 1820. The van der Waals surface area contributed by atoms with E-state index in [1.54, 1.807) is 0 Å². The minimum atomic E-state index is -0.827. The van der Waals surface area contributed by atoms with E-state index >= 15 is 0 Å². The Labute approximate surface area is 485 Å². The van der Waals surface area contributed by atoms with E-state index in [-0.39, 0.29) is 44.0 Å². The van der Waals surface area contributed by atoms with Gasteiger partial charge < -0.3 is 14.2 Å². The molecule has 0 spiro atoms. The summed E-state index contributed by atoms with van der Waals surface area (Å²) >= 11 is 0. The summed E-state index contributed by atoms with van der Waals surface area (Å²) in [6.45, 7) is 6.31. The monoisotopic (exact) mass is 1090 g/mol. The number of ether oxygens (including phenoxy) is 3. The van der Waals surface area contributed by atoms with Gasteiger partial charge in [-0.1, -0.05) is 255 Å². The van der Waals surface area contributed by atoms with Gasteiger partial charge in [-0.25, -0.2) is 0 Å². The molecule has 0 amide bonds. The predicted molar refractivity (Wildman–Crippen MR) is 343 cm³/mol. The van der Waals surface area contributed by atoms with Crippen molar-refractivity contribution < 1.29 is 28.6 Å². The normalized spacial score (nSPS) is 13.3. The van der Waals surface area contributed by atoms with Gasteiger partial charge in [-0.2, -0.15) is 0 Å². The van der Waals surface area contributed by atoms with Crippen LogP contribution in [-0.4, -0.2) is 37.2 Å². The highest BCUT2D eigenvalue weighted by Crippen LogP contribution is 2.13. The summed E-state index contributed by atoms with van der Waals surface area (Å²) in [5, 5.41) is 0. The second-order valence-corrected chi connectivity index (χ2v) is 20.2. The van der Waals surface area contributed by atoms with E-state index in [4.69, 9.17) is 14.2 Å². The van der Waals surface area contributed by atoms with E-state index in [0.717, 1.165) is 154 Å². The SMILES string of the molecule is CC/C=C\C/C=C\C/C=C\C/C=C\C/C=C\C/C=C\C/C=C\CCCC(=O)OCC(COC(=O)CCCCCCCCC/C=C\C/C=C\CCCCC)OC(=O)CCCCCCC/C=C\C/C=C\C/C=C\C/C=C\C/C=C\CC. The Balaban J connectivity index is 4.58. The predicted octanol–water partition coefficient (Wildman–Crippen LogP) is 21.9. The molecule has 0 aromatic carbocycles. The zero-order chi connectivity index (χ0) is 57.1. The third kappa shape index (κ3) is 63.5. The first-order chi connectivity index (χ1) is 39.0. The first kappa shape index (κ1) is 73.8. The lowest BCUT2D eigenvalue weighted by Crippen LogP contribution is -2.30. The summed E-state index contributed by atoms with van der Waals surface area (Å²) in [6.07, 6.45) is 96.3. The molecule has 0 aliphatic heterocycles. The van der Waals surface area contributed by atoms with E-state index in [1.807, 2.05) is 0 Å². The van der Waals surface area contributed by atoms with E-state index in [2.05, 4.69) is 191 Å². The summed E-state index contributed by atoms with van der Waals surface area (Å²) < 4.78 is 16.9. The van der Waals surface area contributed by atoms with Crippen LogP contribution >= 0.6 is 0 Å². The fraction of sp³-hybridized carbons (Fsp3) is 0.575. The fourth-order valence-electron chi connectivity index (χ4n) is 8.02. The molecule has 1 unspecified atom stereocenters. The molecule has 0 bridgehead atoms. The lowest BCUT2D eigenvalue weighted by Gasteiger charge is -2.18. The Morgan fingerprint density at radius 2 is 0.506 bits per heavy atom. The molecule has 0 radical (unpaired) electrons. The molecule has 6 heteroatoms. The van der Waals surface area contributed by atoms with E-state index < -0.39 is 6.10 Å². The summed E-state index contributed by atoms with van der Waals surface area (Å²) in [4.78, 5) is 38.3. The second-order valence-electron chi connectivity index (χ2n) is 20.2. The number of allylic oxidation sites excluding steroid dienone is 28. The van der Waals surface area contributed by atoms with Gasteiger partial charge in [0.05, 0.1) is 0 Å². The first-order valence-corrected chi connectivity index (χ1v) is 31.6. The average molecular weight is 1090 g/mol. The Morgan fingerprint density at radius 1 is 0.266 bits per heavy atom. The van der Waals surface area contributed by atoms with Crippen molar-refractivity contribution in [3.05, 3.63) is 170 Å². The largest absolute Gasteiger partial charge is 0.462 e. The van der Waals surface area contributed by atoms with Gasteiger partial charge in [0, 0.05) is 19.3 Å². The highest BCUT2D eigenvalue weighted by atomic mass is 16.6. The molecule has 0 heterocycles. The van der Waals surface area contributed by atoms with Gasteiger partial charge in [-0.3, -0.25) is 14.4 Å². The summed E-state index contributed by atoms with van der Waals surface area (Å²) in [6, 6.07) is 0. The van der Waals surface area contributed by atoms with Crippen LogP contribution < -0.4 is 0 Å². The second kappa shape index (κ2) is 65.3. The molecule has 0 fully saturated rings. The van der Waals surface area contributed by atoms with Crippen LogP contribution in [0.2, 0.25) is 0 Å². The third-order valence-corrected chi connectivity index (χ3v) is 12.7. The topological polar surface area (TPSA) is 78.9 Å².